The lowest BCUT2D eigenvalue weighted by atomic mass is 9.97. The molecule has 2 heterocycles. The molecule has 0 radical (unpaired) electrons. The standard InChI is InChI=1S/C19H18Cl2FN3/c20-15-9-17-18(10-16(15)21)25(11-12-1-3-14(22)4-2-12)19(24-17)13-5-7-23-8-6-13/h1-4,9-10,13,23H,5-8,11H2. The summed E-state index contributed by atoms with van der Waals surface area (Å²) in [5, 5.41) is 4.42. The molecule has 1 aliphatic rings. The van der Waals surface area contributed by atoms with Crippen molar-refractivity contribution in [3.8, 4) is 0 Å². The SMILES string of the molecule is Fc1ccc(Cn2c(C3CCNCC3)nc3cc(Cl)c(Cl)cc32)cc1. The van der Waals surface area contributed by atoms with E-state index in [0.717, 1.165) is 48.4 Å². The van der Waals surface area contributed by atoms with E-state index in [-0.39, 0.29) is 5.82 Å². The van der Waals surface area contributed by atoms with Crippen LogP contribution in [0.5, 0.6) is 0 Å². The maximum atomic E-state index is 13.2. The molecular weight excluding hydrogens is 360 g/mol. The molecule has 1 fully saturated rings. The highest BCUT2D eigenvalue weighted by atomic mass is 35.5. The Balaban J connectivity index is 1.82. The summed E-state index contributed by atoms with van der Waals surface area (Å²) < 4.78 is 15.4. The minimum Gasteiger partial charge on any atom is -0.323 e. The number of hydrogen-bond acceptors (Lipinski definition) is 2. The van der Waals surface area contributed by atoms with Crippen molar-refractivity contribution in [2.45, 2.75) is 25.3 Å². The van der Waals surface area contributed by atoms with Gasteiger partial charge in [-0.25, -0.2) is 9.37 Å². The van der Waals surface area contributed by atoms with Gasteiger partial charge in [-0.15, -0.1) is 0 Å². The summed E-state index contributed by atoms with van der Waals surface area (Å²) in [4.78, 5) is 4.87. The molecular formula is C19H18Cl2FN3. The van der Waals surface area contributed by atoms with Crippen LogP contribution in [-0.4, -0.2) is 22.6 Å². The van der Waals surface area contributed by atoms with Gasteiger partial charge in [0.25, 0.3) is 0 Å². The third kappa shape index (κ3) is 3.39. The number of imidazole rings is 1. The Morgan fingerprint density at radius 3 is 2.48 bits per heavy atom. The fourth-order valence-corrected chi connectivity index (χ4v) is 3.78. The molecule has 1 aromatic heterocycles. The molecule has 6 heteroatoms. The van der Waals surface area contributed by atoms with E-state index in [9.17, 15) is 4.39 Å². The molecule has 0 bridgehead atoms. The average Bonchev–Trinajstić information content (AvgIpc) is 2.96. The number of aromatic nitrogens is 2. The second-order valence-corrected chi connectivity index (χ2v) is 7.28. The van der Waals surface area contributed by atoms with Gasteiger partial charge in [-0.3, -0.25) is 0 Å². The molecule has 3 nitrogen and oxygen atoms in total. The molecule has 0 amide bonds. The molecule has 0 unspecified atom stereocenters. The van der Waals surface area contributed by atoms with E-state index in [1.54, 1.807) is 0 Å². The molecule has 1 N–H and O–H groups in total. The quantitative estimate of drug-likeness (QED) is 0.695. The van der Waals surface area contributed by atoms with Gasteiger partial charge < -0.3 is 9.88 Å². The van der Waals surface area contributed by atoms with Crippen molar-refractivity contribution in [3.05, 3.63) is 63.6 Å². The Morgan fingerprint density at radius 1 is 1.08 bits per heavy atom. The highest BCUT2D eigenvalue weighted by Crippen LogP contribution is 2.33. The first-order valence-corrected chi connectivity index (χ1v) is 9.18. The van der Waals surface area contributed by atoms with Crippen molar-refractivity contribution >= 4 is 34.2 Å². The molecule has 3 aromatic rings. The molecule has 0 spiro atoms. The lowest BCUT2D eigenvalue weighted by Crippen LogP contribution is -2.28. The number of benzene rings is 2. The van der Waals surface area contributed by atoms with Crippen molar-refractivity contribution in [2.24, 2.45) is 0 Å². The zero-order chi connectivity index (χ0) is 17.4. The summed E-state index contributed by atoms with van der Waals surface area (Å²) >= 11 is 12.4. The van der Waals surface area contributed by atoms with Gasteiger partial charge >= 0.3 is 0 Å². The van der Waals surface area contributed by atoms with Gasteiger partial charge in [0.15, 0.2) is 0 Å². The summed E-state index contributed by atoms with van der Waals surface area (Å²) in [5.41, 5.74) is 2.85. The van der Waals surface area contributed by atoms with Gasteiger partial charge in [-0.1, -0.05) is 35.3 Å². The smallest absolute Gasteiger partial charge is 0.123 e. The van der Waals surface area contributed by atoms with Gasteiger partial charge in [0.1, 0.15) is 11.6 Å². The van der Waals surface area contributed by atoms with Crippen LogP contribution >= 0.6 is 23.2 Å². The Hall–Kier alpha value is -1.62. The van der Waals surface area contributed by atoms with E-state index in [1.807, 2.05) is 24.3 Å². The van der Waals surface area contributed by atoms with E-state index >= 15 is 0 Å². The molecule has 0 saturated carbocycles. The van der Waals surface area contributed by atoms with Crippen molar-refractivity contribution in [1.29, 1.82) is 0 Å². The van der Waals surface area contributed by atoms with E-state index < -0.39 is 0 Å². The van der Waals surface area contributed by atoms with E-state index in [2.05, 4.69) is 9.88 Å². The van der Waals surface area contributed by atoms with Crippen LogP contribution in [0.1, 0.15) is 30.1 Å². The Morgan fingerprint density at radius 2 is 1.76 bits per heavy atom. The molecule has 0 atom stereocenters. The van der Waals surface area contributed by atoms with E-state index in [4.69, 9.17) is 28.2 Å². The van der Waals surface area contributed by atoms with Gasteiger partial charge in [0.2, 0.25) is 0 Å². The number of rotatable bonds is 3. The van der Waals surface area contributed by atoms with Crippen molar-refractivity contribution in [2.75, 3.05) is 13.1 Å². The summed E-state index contributed by atoms with van der Waals surface area (Å²) in [7, 11) is 0. The predicted octanol–water partition coefficient (Wildman–Crippen LogP) is 5.00. The number of nitrogens with zero attached hydrogens (tertiary/aromatic N) is 2. The molecule has 25 heavy (non-hydrogen) atoms. The Labute approximate surface area is 155 Å². The monoisotopic (exact) mass is 377 g/mol. The number of piperidine rings is 1. The lowest BCUT2D eigenvalue weighted by Gasteiger charge is -2.23. The normalized spacial score (nSPS) is 15.8. The second-order valence-electron chi connectivity index (χ2n) is 6.46. The third-order valence-corrected chi connectivity index (χ3v) is 5.50. The Bertz CT molecular complexity index is 899. The van der Waals surface area contributed by atoms with Crippen LogP contribution in [0.3, 0.4) is 0 Å². The predicted molar refractivity (Wildman–Crippen MR) is 100 cm³/mol. The van der Waals surface area contributed by atoms with Crippen LogP contribution in [0.15, 0.2) is 36.4 Å². The average molecular weight is 378 g/mol. The van der Waals surface area contributed by atoms with Crippen LogP contribution in [-0.2, 0) is 6.54 Å². The lowest BCUT2D eigenvalue weighted by molar-refractivity contribution is 0.435. The minimum atomic E-state index is -0.229. The van der Waals surface area contributed by atoms with Crippen LogP contribution in [0.25, 0.3) is 11.0 Å². The van der Waals surface area contributed by atoms with E-state index in [0.29, 0.717) is 22.5 Å². The van der Waals surface area contributed by atoms with Crippen molar-refractivity contribution < 1.29 is 4.39 Å². The topological polar surface area (TPSA) is 29.9 Å². The minimum absolute atomic E-state index is 0.229. The van der Waals surface area contributed by atoms with Gasteiger partial charge in [-0.05, 0) is 55.8 Å². The Kier molecular flexibility index (Phi) is 4.67. The van der Waals surface area contributed by atoms with Gasteiger partial charge in [0.05, 0.1) is 21.1 Å². The molecule has 1 saturated heterocycles. The first kappa shape index (κ1) is 16.8. The van der Waals surface area contributed by atoms with Gasteiger partial charge in [-0.2, -0.15) is 0 Å². The van der Waals surface area contributed by atoms with Gasteiger partial charge in [0, 0.05) is 12.5 Å². The first-order valence-electron chi connectivity index (χ1n) is 8.42. The maximum Gasteiger partial charge on any atom is 0.123 e. The number of halogens is 3. The number of fused-ring (bicyclic) bond motifs is 1. The van der Waals surface area contributed by atoms with Crippen LogP contribution < -0.4 is 5.32 Å². The zero-order valence-electron chi connectivity index (χ0n) is 13.6. The molecule has 130 valence electrons. The van der Waals surface area contributed by atoms with Crippen LogP contribution in [0.2, 0.25) is 10.0 Å². The number of hydrogen-bond donors (Lipinski definition) is 1. The first-order chi connectivity index (χ1) is 12.1. The largest absolute Gasteiger partial charge is 0.323 e. The summed E-state index contributed by atoms with van der Waals surface area (Å²) in [6, 6.07) is 10.3. The molecule has 1 aliphatic heterocycles. The van der Waals surface area contributed by atoms with E-state index in [1.165, 1.54) is 12.1 Å². The summed E-state index contributed by atoms with van der Waals surface area (Å²) in [6.45, 7) is 2.62. The fourth-order valence-electron chi connectivity index (χ4n) is 3.47. The maximum absolute atomic E-state index is 13.2. The molecule has 4 rings (SSSR count). The zero-order valence-corrected chi connectivity index (χ0v) is 15.1. The van der Waals surface area contributed by atoms with Crippen molar-refractivity contribution in [3.63, 3.8) is 0 Å². The summed E-state index contributed by atoms with van der Waals surface area (Å²) in [6.07, 6.45) is 2.10. The fraction of sp³-hybridized carbons (Fsp3) is 0.316. The second kappa shape index (κ2) is 6.94. The molecule has 0 aliphatic carbocycles. The van der Waals surface area contributed by atoms with Crippen molar-refractivity contribution in [1.82, 2.24) is 14.9 Å². The number of nitrogens with one attached hydrogen (secondary N) is 1. The highest BCUT2D eigenvalue weighted by molar-refractivity contribution is 6.42. The van der Waals surface area contributed by atoms with Crippen LogP contribution in [0, 0.1) is 5.82 Å². The van der Waals surface area contributed by atoms with Crippen LogP contribution in [0.4, 0.5) is 4.39 Å². The molecule has 2 aromatic carbocycles. The highest BCUT2D eigenvalue weighted by Gasteiger charge is 2.23. The summed E-state index contributed by atoms with van der Waals surface area (Å²) in [5.74, 6) is 1.22. The third-order valence-electron chi connectivity index (χ3n) is 4.78.